The number of esters is 1. The number of rotatable bonds is 30. The van der Waals surface area contributed by atoms with E-state index in [4.69, 9.17) is 18.9 Å². The normalized spacial score (nSPS) is 22.4. The number of carbonyl (C=O) groups excluding carboxylic acids is 1. The fourth-order valence-corrected chi connectivity index (χ4v) is 5.23. The topological polar surface area (TPSA) is 135 Å². The largest absolute Gasteiger partial charge is 0.457 e. The SMILES string of the molecule is CC/C=C\C/C=C\C/C=C\C/C=C\C/C=C\CCCC(=O)OC(COCCCCCCCCCCC)COC1OC(CO)C(O)C(O)C1O. The molecule has 9 heteroatoms. The summed E-state index contributed by atoms with van der Waals surface area (Å²) in [6.45, 7) is 4.33. The summed E-state index contributed by atoms with van der Waals surface area (Å²) in [6.07, 6.45) is 31.1. The fraction of sp³-hybridized carbons (Fsp3) is 0.725. The number of unbranched alkanes of at least 4 members (excludes halogenated alkanes) is 9. The lowest BCUT2D eigenvalue weighted by molar-refractivity contribution is -0.305. The smallest absolute Gasteiger partial charge is 0.306 e. The van der Waals surface area contributed by atoms with Crippen molar-refractivity contribution >= 4 is 5.97 Å². The van der Waals surface area contributed by atoms with Gasteiger partial charge in [-0.15, -0.1) is 0 Å². The number of allylic oxidation sites excluding steroid dienone is 10. The Balaban J connectivity index is 2.38. The molecule has 0 spiro atoms. The molecule has 0 bridgehead atoms. The van der Waals surface area contributed by atoms with Crippen LogP contribution in [0.15, 0.2) is 60.8 Å². The van der Waals surface area contributed by atoms with E-state index >= 15 is 0 Å². The molecule has 1 fully saturated rings. The minimum Gasteiger partial charge on any atom is -0.457 e. The van der Waals surface area contributed by atoms with Crippen LogP contribution in [0.5, 0.6) is 0 Å². The van der Waals surface area contributed by atoms with Crippen molar-refractivity contribution in [3.63, 3.8) is 0 Å². The second-order valence-corrected chi connectivity index (χ2v) is 12.6. The van der Waals surface area contributed by atoms with Crippen molar-refractivity contribution in [2.24, 2.45) is 0 Å². The predicted octanol–water partition coefficient (Wildman–Crippen LogP) is 7.18. The van der Waals surface area contributed by atoms with Gasteiger partial charge in [0.05, 0.1) is 19.8 Å². The number of carbonyl (C=O) groups is 1. The molecule has 0 amide bonds. The third-order valence-corrected chi connectivity index (χ3v) is 8.20. The van der Waals surface area contributed by atoms with Crippen molar-refractivity contribution in [2.75, 3.05) is 26.4 Å². The van der Waals surface area contributed by atoms with Crippen molar-refractivity contribution in [1.82, 2.24) is 0 Å². The van der Waals surface area contributed by atoms with E-state index in [1.54, 1.807) is 0 Å². The van der Waals surface area contributed by atoms with Crippen LogP contribution < -0.4 is 0 Å². The van der Waals surface area contributed by atoms with E-state index in [1.165, 1.54) is 44.9 Å². The fourth-order valence-electron chi connectivity index (χ4n) is 5.23. The van der Waals surface area contributed by atoms with Gasteiger partial charge in [-0.1, -0.05) is 126 Å². The number of hydrogen-bond donors (Lipinski definition) is 4. The van der Waals surface area contributed by atoms with Crippen LogP contribution >= 0.6 is 0 Å². The first-order chi connectivity index (χ1) is 23.9. The van der Waals surface area contributed by atoms with Gasteiger partial charge in [0.15, 0.2) is 6.29 Å². The first-order valence-electron chi connectivity index (χ1n) is 18.9. The summed E-state index contributed by atoms with van der Waals surface area (Å²) >= 11 is 0. The van der Waals surface area contributed by atoms with Gasteiger partial charge in [-0.05, 0) is 51.4 Å². The van der Waals surface area contributed by atoms with Gasteiger partial charge < -0.3 is 39.4 Å². The van der Waals surface area contributed by atoms with Gasteiger partial charge in [-0.2, -0.15) is 0 Å². The maximum absolute atomic E-state index is 12.7. The van der Waals surface area contributed by atoms with Gasteiger partial charge in [0.25, 0.3) is 0 Å². The van der Waals surface area contributed by atoms with Crippen molar-refractivity contribution in [1.29, 1.82) is 0 Å². The van der Waals surface area contributed by atoms with Gasteiger partial charge in [0, 0.05) is 13.0 Å². The lowest BCUT2D eigenvalue weighted by Gasteiger charge is -2.39. The molecular formula is C40H68O9. The van der Waals surface area contributed by atoms with Gasteiger partial charge in [-0.25, -0.2) is 0 Å². The molecule has 1 saturated heterocycles. The summed E-state index contributed by atoms with van der Waals surface area (Å²) in [6, 6.07) is 0. The monoisotopic (exact) mass is 692 g/mol. The zero-order valence-corrected chi connectivity index (χ0v) is 30.4. The number of aliphatic hydroxyl groups excluding tert-OH is 4. The van der Waals surface area contributed by atoms with Crippen LogP contribution in [-0.2, 0) is 23.7 Å². The number of hydrogen-bond acceptors (Lipinski definition) is 9. The summed E-state index contributed by atoms with van der Waals surface area (Å²) in [5.74, 6) is -0.374. The Labute approximate surface area is 296 Å². The Bertz CT molecular complexity index is 927. The van der Waals surface area contributed by atoms with E-state index in [0.717, 1.165) is 51.4 Å². The van der Waals surface area contributed by atoms with Crippen molar-refractivity contribution in [3.05, 3.63) is 60.8 Å². The molecule has 0 aromatic rings. The van der Waals surface area contributed by atoms with E-state index < -0.39 is 43.4 Å². The molecule has 0 saturated carbocycles. The van der Waals surface area contributed by atoms with Crippen LogP contribution in [-0.4, -0.2) is 89.6 Å². The average molecular weight is 693 g/mol. The third kappa shape index (κ3) is 23.8. The van der Waals surface area contributed by atoms with Gasteiger partial charge in [-0.3, -0.25) is 4.79 Å². The molecule has 0 aromatic carbocycles. The standard InChI is InChI=1S/C40H68O9/c1-3-5-7-9-11-13-14-15-16-17-18-19-20-21-23-25-27-29-36(42)48-34(32-46-30-28-26-24-22-12-10-8-6-4-2)33-47-40-39(45)38(44)37(43)35(31-41)49-40/h5,7,11,13,15-16,18-19,21,23,34-35,37-41,43-45H,3-4,6,8-10,12,14,17,20,22,24-33H2,1-2H3/b7-5-,13-11-,16-15-,19-18-,23-21-. The second-order valence-electron chi connectivity index (χ2n) is 12.6. The van der Waals surface area contributed by atoms with E-state index in [0.29, 0.717) is 13.0 Å². The molecular weight excluding hydrogens is 624 g/mol. The van der Waals surface area contributed by atoms with E-state index in [9.17, 15) is 25.2 Å². The highest BCUT2D eigenvalue weighted by Crippen LogP contribution is 2.22. The summed E-state index contributed by atoms with van der Waals surface area (Å²) in [7, 11) is 0. The quantitative estimate of drug-likeness (QED) is 0.0351. The average Bonchev–Trinajstić information content (AvgIpc) is 3.10. The van der Waals surface area contributed by atoms with Crippen LogP contribution in [0.2, 0.25) is 0 Å². The molecule has 1 aliphatic rings. The van der Waals surface area contributed by atoms with Crippen LogP contribution in [0.3, 0.4) is 0 Å². The Hall–Kier alpha value is -2.11. The van der Waals surface area contributed by atoms with Crippen LogP contribution in [0.4, 0.5) is 0 Å². The van der Waals surface area contributed by atoms with Gasteiger partial charge in [0.2, 0.25) is 0 Å². The lowest BCUT2D eigenvalue weighted by atomic mass is 9.99. The van der Waals surface area contributed by atoms with Crippen LogP contribution in [0.25, 0.3) is 0 Å². The molecule has 1 aliphatic heterocycles. The highest BCUT2D eigenvalue weighted by Gasteiger charge is 2.44. The van der Waals surface area contributed by atoms with Crippen molar-refractivity contribution < 1.29 is 44.2 Å². The minimum absolute atomic E-state index is 0.120. The summed E-state index contributed by atoms with van der Waals surface area (Å²) < 4.78 is 22.6. The summed E-state index contributed by atoms with van der Waals surface area (Å²) in [5, 5.41) is 39.9. The first-order valence-corrected chi connectivity index (χ1v) is 18.9. The van der Waals surface area contributed by atoms with Crippen molar-refractivity contribution in [2.45, 2.75) is 160 Å². The Morgan fingerprint density at radius 1 is 0.673 bits per heavy atom. The predicted molar refractivity (Wildman–Crippen MR) is 196 cm³/mol. The van der Waals surface area contributed by atoms with Gasteiger partial charge >= 0.3 is 5.97 Å². The minimum atomic E-state index is -1.55. The Morgan fingerprint density at radius 3 is 1.80 bits per heavy atom. The molecule has 1 heterocycles. The third-order valence-electron chi connectivity index (χ3n) is 8.20. The number of ether oxygens (including phenoxy) is 4. The lowest BCUT2D eigenvalue weighted by Crippen LogP contribution is -2.59. The molecule has 4 N–H and O–H groups in total. The molecule has 0 aliphatic carbocycles. The molecule has 0 aromatic heterocycles. The molecule has 0 radical (unpaired) electrons. The Morgan fingerprint density at radius 2 is 1.22 bits per heavy atom. The molecule has 6 unspecified atom stereocenters. The molecule has 282 valence electrons. The molecule has 49 heavy (non-hydrogen) atoms. The zero-order valence-electron chi connectivity index (χ0n) is 30.4. The highest BCUT2D eigenvalue weighted by atomic mass is 16.7. The second kappa shape index (κ2) is 31.8. The summed E-state index contributed by atoms with van der Waals surface area (Å²) in [5.41, 5.74) is 0. The van der Waals surface area contributed by atoms with E-state index in [2.05, 4.69) is 74.6 Å². The maximum atomic E-state index is 12.7. The maximum Gasteiger partial charge on any atom is 0.306 e. The molecule has 6 atom stereocenters. The van der Waals surface area contributed by atoms with Crippen LogP contribution in [0, 0.1) is 0 Å². The van der Waals surface area contributed by atoms with Gasteiger partial charge in [0.1, 0.15) is 30.5 Å². The highest BCUT2D eigenvalue weighted by molar-refractivity contribution is 5.69. The van der Waals surface area contributed by atoms with E-state index in [-0.39, 0.29) is 25.6 Å². The van der Waals surface area contributed by atoms with Crippen molar-refractivity contribution in [3.8, 4) is 0 Å². The molecule has 9 nitrogen and oxygen atoms in total. The zero-order chi connectivity index (χ0) is 35.8. The first kappa shape index (κ1) is 44.9. The van der Waals surface area contributed by atoms with E-state index in [1.807, 2.05) is 0 Å². The summed E-state index contributed by atoms with van der Waals surface area (Å²) in [4.78, 5) is 12.7. The number of aliphatic hydroxyl groups is 4. The Kier molecular flexibility index (Phi) is 29.2. The van der Waals surface area contributed by atoms with Crippen LogP contribution in [0.1, 0.15) is 123 Å². The molecule has 1 rings (SSSR count).